The number of aliphatic carboxylic acids is 1. The molecule has 0 saturated heterocycles. The molecule has 0 fully saturated rings. The van der Waals surface area contributed by atoms with Crippen molar-refractivity contribution in [3.8, 4) is 0 Å². The van der Waals surface area contributed by atoms with Gasteiger partial charge in [-0.05, 0) is 13.3 Å². The molecule has 0 spiro atoms. The van der Waals surface area contributed by atoms with Gasteiger partial charge in [0.15, 0.2) is 0 Å². The molecule has 1 atom stereocenters. The van der Waals surface area contributed by atoms with Gasteiger partial charge in [0, 0.05) is 12.6 Å². The van der Waals surface area contributed by atoms with Crippen LogP contribution < -0.4 is 61.8 Å². The number of carbonyl (C=O) groups excluding carboxylic acids is 1. The zero-order valence-electron chi connectivity index (χ0n) is 7.52. The average molecular weight is 183 g/mol. The van der Waals surface area contributed by atoms with Crippen molar-refractivity contribution in [2.75, 3.05) is 6.54 Å². The second-order valence-electron chi connectivity index (χ2n) is 2.44. The summed E-state index contributed by atoms with van der Waals surface area (Å²) < 4.78 is 0. The van der Waals surface area contributed by atoms with Gasteiger partial charge in [-0.2, -0.15) is 0 Å². The Morgan fingerprint density at radius 1 is 1.64 bits per heavy atom. The summed E-state index contributed by atoms with van der Waals surface area (Å²) in [5.74, 6) is -1.04. The normalized spacial score (nSPS) is 11.8. The van der Waals surface area contributed by atoms with E-state index in [1.54, 1.807) is 0 Å². The van der Waals surface area contributed by atoms with E-state index in [1.165, 1.54) is 0 Å². The van der Waals surface area contributed by atoms with Gasteiger partial charge in [-0.25, -0.2) is 0 Å². The van der Waals surface area contributed by atoms with Crippen LogP contribution in [0, 0.1) is 0 Å². The summed E-state index contributed by atoms with van der Waals surface area (Å²) in [5, 5.41) is 12.8. The van der Waals surface area contributed by atoms with Crippen LogP contribution in [-0.4, -0.2) is 18.6 Å². The molecule has 0 aromatic carbocycles. The molecule has 4 heteroatoms. The molecule has 0 amide bonds. The molecular weight excluding hydrogens is 169 g/mol. The van der Waals surface area contributed by atoms with Crippen LogP contribution in [0.25, 0.3) is 0 Å². The van der Waals surface area contributed by atoms with Crippen molar-refractivity contribution < 1.29 is 61.3 Å². The fourth-order valence-electron chi connectivity index (χ4n) is 0.793. The predicted octanol–water partition coefficient (Wildman–Crippen LogP) is -3.48. The van der Waals surface area contributed by atoms with Crippen molar-refractivity contribution in [2.24, 2.45) is 0 Å². The maximum Gasteiger partial charge on any atom is 1.00 e. The molecule has 0 saturated carbocycles. The monoisotopic (exact) mass is 183 g/mol. The van der Waals surface area contributed by atoms with Crippen molar-refractivity contribution >= 4 is 5.97 Å². The number of hydrogen-bond donors (Lipinski definition) is 1. The molecule has 0 heterocycles. The standard InChI is InChI=1S/C7H15NO2.K/c1-3-4-6(2)8-5-7(9)10;/h6,8H,3-5H2,1-2H3,(H,9,10);/q;+1/p-1. The summed E-state index contributed by atoms with van der Waals surface area (Å²) in [6.07, 6.45) is 2.08. The third-order valence-corrected chi connectivity index (χ3v) is 1.32. The van der Waals surface area contributed by atoms with Crippen LogP contribution in [0.15, 0.2) is 0 Å². The van der Waals surface area contributed by atoms with E-state index in [2.05, 4.69) is 12.2 Å². The van der Waals surface area contributed by atoms with E-state index in [4.69, 9.17) is 0 Å². The Hall–Kier alpha value is 1.07. The van der Waals surface area contributed by atoms with Crippen LogP contribution in [-0.2, 0) is 4.79 Å². The van der Waals surface area contributed by atoms with E-state index in [0.717, 1.165) is 12.8 Å². The third kappa shape index (κ3) is 11.1. The third-order valence-electron chi connectivity index (χ3n) is 1.32. The summed E-state index contributed by atoms with van der Waals surface area (Å²) in [6.45, 7) is 3.99. The van der Waals surface area contributed by atoms with Crippen LogP contribution in [0.2, 0.25) is 0 Å². The largest absolute Gasteiger partial charge is 1.00 e. The predicted molar refractivity (Wildman–Crippen MR) is 37.4 cm³/mol. The van der Waals surface area contributed by atoms with Crippen molar-refractivity contribution in [1.29, 1.82) is 0 Å². The fourth-order valence-corrected chi connectivity index (χ4v) is 0.793. The molecule has 60 valence electrons. The van der Waals surface area contributed by atoms with E-state index < -0.39 is 5.97 Å². The van der Waals surface area contributed by atoms with E-state index in [-0.39, 0.29) is 64.0 Å². The van der Waals surface area contributed by atoms with Crippen molar-refractivity contribution in [3.63, 3.8) is 0 Å². The molecule has 11 heavy (non-hydrogen) atoms. The van der Waals surface area contributed by atoms with Gasteiger partial charge in [0.1, 0.15) is 0 Å². The maximum absolute atomic E-state index is 9.93. The topological polar surface area (TPSA) is 52.2 Å². The van der Waals surface area contributed by atoms with Gasteiger partial charge in [-0.1, -0.05) is 13.3 Å². The van der Waals surface area contributed by atoms with E-state index in [1.807, 2.05) is 6.92 Å². The first-order valence-electron chi connectivity index (χ1n) is 3.60. The first kappa shape index (κ1) is 14.6. The zero-order chi connectivity index (χ0) is 7.98. The summed E-state index contributed by atoms with van der Waals surface area (Å²) >= 11 is 0. The second kappa shape index (κ2) is 9.16. The number of hydrogen-bond acceptors (Lipinski definition) is 3. The molecule has 3 nitrogen and oxygen atoms in total. The smallest absolute Gasteiger partial charge is 0.549 e. The average Bonchev–Trinajstić information content (AvgIpc) is 1.85. The molecule has 0 aliphatic carbocycles. The molecule has 1 N–H and O–H groups in total. The van der Waals surface area contributed by atoms with Gasteiger partial charge in [0.05, 0.1) is 5.97 Å². The number of rotatable bonds is 5. The summed E-state index contributed by atoms with van der Waals surface area (Å²) in [5.41, 5.74) is 0. The van der Waals surface area contributed by atoms with Crippen LogP contribution >= 0.6 is 0 Å². The van der Waals surface area contributed by atoms with Crippen molar-refractivity contribution in [2.45, 2.75) is 32.7 Å². The van der Waals surface area contributed by atoms with Crippen LogP contribution in [0.1, 0.15) is 26.7 Å². The number of nitrogens with one attached hydrogen (secondary N) is 1. The van der Waals surface area contributed by atoms with Gasteiger partial charge >= 0.3 is 51.4 Å². The molecule has 0 bridgehead atoms. The first-order chi connectivity index (χ1) is 4.66. The van der Waals surface area contributed by atoms with Crippen molar-refractivity contribution in [3.05, 3.63) is 0 Å². The Labute approximate surface area is 110 Å². The quantitative estimate of drug-likeness (QED) is 0.450. The Kier molecular flexibility index (Phi) is 12.1. The summed E-state index contributed by atoms with van der Waals surface area (Å²) in [7, 11) is 0. The SMILES string of the molecule is CCCC(C)NCC(=O)[O-].[K+]. The molecule has 0 rings (SSSR count). The fraction of sp³-hybridized carbons (Fsp3) is 0.857. The van der Waals surface area contributed by atoms with Crippen LogP contribution in [0.4, 0.5) is 0 Å². The van der Waals surface area contributed by atoms with Gasteiger partial charge in [0.25, 0.3) is 0 Å². The van der Waals surface area contributed by atoms with E-state index >= 15 is 0 Å². The minimum Gasteiger partial charge on any atom is -0.549 e. The number of carboxylic acids is 1. The van der Waals surface area contributed by atoms with Crippen LogP contribution in [0.3, 0.4) is 0 Å². The molecule has 0 aliphatic rings. The molecule has 0 aromatic rings. The Bertz CT molecular complexity index is 109. The maximum atomic E-state index is 9.93. The zero-order valence-corrected chi connectivity index (χ0v) is 10.6. The molecule has 0 aromatic heterocycles. The van der Waals surface area contributed by atoms with Crippen molar-refractivity contribution in [1.82, 2.24) is 5.32 Å². The molecule has 1 unspecified atom stereocenters. The Morgan fingerprint density at radius 3 is 2.55 bits per heavy atom. The Balaban J connectivity index is 0. The Morgan fingerprint density at radius 2 is 2.18 bits per heavy atom. The minimum atomic E-state index is -1.04. The first-order valence-corrected chi connectivity index (χ1v) is 3.60. The van der Waals surface area contributed by atoms with Gasteiger partial charge in [-0.15, -0.1) is 0 Å². The second-order valence-corrected chi connectivity index (χ2v) is 2.44. The van der Waals surface area contributed by atoms with Gasteiger partial charge in [0.2, 0.25) is 0 Å². The number of carbonyl (C=O) groups is 1. The van der Waals surface area contributed by atoms with Gasteiger partial charge in [-0.3, -0.25) is 0 Å². The van der Waals surface area contributed by atoms with E-state index in [0.29, 0.717) is 0 Å². The molecule has 0 radical (unpaired) electrons. The van der Waals surface area contributed by atoms with Gasteiger partial charge < -0.3 is 15.2 Å². The summed E-state index contributed by atoms with van der Waals surface area (Å²) in [4.78, 5) is 9.93. The minimum absolute atomic E-state index is 0. The summed E-state index contributed by atoms with van der Waals surface area (Å²) in [6, 6.07) is 0.280. The molecule has 0 aliphatic heterocycles. The van der Waals surface area contributed by atoms with Crippen LogP contribution in [0.5, 0.6) is 0 Å². The molecular formula is C7H14KNO2. The number of carboxylic acid groups (broad SMARTS) is 1. The van der Waals surface area contributed by atoms with E-state index in [9.17, 15) is 9.90 Å².